The van der Waals surface area contributed by atoms with Gasteiger partial charge in [0.2, 0.25) is 0 Å². The maximum Gasteiger partial charge on any atom is 0.408 e. The molecule has 0 atom stereocenters. The van der Waals surface area contributed by atoms with Crippen LogP contribution in [0.25, 0.3) is 0 Å². The van der Waals surface area contributed by atoms with Crippen molar-refractivity contribution in [1.82, 2.24) is 10.6 Å². The number of ether oxygens (including phenoxy) is 3. The first-order valence-electron chi connectivity index (χ1n) is 23.9. The van der Waals surface area contributed by atoms with Crippen molar-refractivity contribution in [3.63, 3.8) is 0 Å². The smallest absolute Gasteiger partial charge is 0.408 e. The molecular weight excluding hydrogens is 749 g/mol. The number of aliphatic hydroxyl groups excluding tert-OH is 1. The molecule has 0 radical (unpaired) electrons. The molecule has 0 aromatic rings. The van der Waals surface area contributed by atoms with Gasteiger partial charge < -0.3 is 35.1 Å². The van der Waals surface area contributed by atoms with Crippen LogP contribution < -0.4 is 10.6 Å². The lowest BCUT2D eigenvalue weighted by atomic mass is 10.0. The summed E-state index contributed by atoms with van der Waals surface area (Å²) in [6, 6.07) is 0. The highest BCUT2D eigenvalue weighted by Crippen LogP contribution is 2.18. The fourth-order valence-electron chi connectivity index (χ4n) is 6.18. The van der Waals surface area contributed by atoms with Crippen LogP contribution >= 0.6 is 0 Å². The zero-order valence-electron chi connectivity index (χ0n) is 40.1. The van der Waals surface area contributed by atoms with Gasteiger partial charge in [-0.05, 0) is 80.1 Å². The summed E-state index contributed by atoms with van der Waals surface area (Å²) >= 11 is 0. The Morgan fingerprint density at radius 2 is 0.746 bits per heavy atom. The summed E-state index contributed by atoms with van der Waals surface area (Å²) in [6.45, 7) is 18.9. The molecule has 59 heavy (non-hydrogen) atoms. The quantitative estimate of drug-likeness (QED) is 0.0286. The number of unbranched alkanes of at least 4 members (excludes halogenated alkanes) is 20. The molecule has 0 aromatic carbocycles. The van der Waals surface area contributed by atoms with Crippen molar-refractivity contribution in [3.8, 4) is 0 Å². The first kappa shape index (κ1) is 60.7. The molecular formula is C48H96N2O9. The number of rotatable bonds is 33. The minimum Gasteiger partial charge on any atom is -0.480 e. The average Bonchev–Trinajstić information content (AvgIpc) is 3.14. The zero-order chi connectivity index (χ0) is 45.2. The molecule has 0 saturated heterocycles. The third-order valence-electron chi connectivity index (χ3n) is 9.40. The van der Waals surface area contributed by atoms with Gasteiger partial charge in [-0.3, -0.25) is 9.59 Å². The highest BCUT2D eigenvalue weighted by molar-refractivity contribution is 5.78. The summed E-state index contributed by atoms with van der Waals surface area (Å²) in [7, 11) is 0. The van der Waals surface area contributed by atoms with Gasteiger partial charge >= 0.3 is 24.1 Å². The van der Waals surface area contributed by atoms with Crippen molar-refractivity contribution in [3.05, 3.63) is 0 Å². The maximum absolute atomic E-state index is 12.2. The summed E-state index contributed by atoms with van der Waals surface area (Å²) < 4.78 is 15.6. The minimum atomic E-state index is -1.10. The van der Waals surface area contributed by atoms with Gasteiger partial charge in [-0.25, -0.2) is 9.59 Å². The Labute approximate surface area is 363 Å². The number of esters is 1. The van der Waals surface area contributed by atoms with Crippen LogP contribution in [0.4, 0.5) is 9.59 Å². The van der Waals surface area contributed by atoms with Gasteiger partial charge in [0.1, 0.15) is 30.4 Å². The summed E-state index contributed by atoms with van der Waals surface area (Å²) in [5.74, 6) is -1.47. The van der Waals surface area contributed by atoms with Crippen molar-refractivity contribution < 1.29 is 43.6 Å². The van der Waals surface area contributed by atoms with E-state index in [-0.39, 0.29) is 24.7 Å². The van der Waals surface area contributed by atoms with E-state index in [1.165, 1.54) is 141 Å². The molecule has 0 spiro atoms. The Morgan fingerprint density at radius 1 is 0.458 bits per heavy atom. The third-order valence-corrected chi connectivity index (χ3v) is 9.40. The lowest BCUT2D eigenvalue weighted by Gasteiger charge is -2.21. The van der Waals surface area contributed by atoms with E-state index in [9.17, 15) is 24.3 Å². The van der Waals surface area contributed by atoms with Crippen LogP contribution in [0.2, 0.25) is 0 Å². The van der Waals surface area contributed by atoms with Crippen LogP contribution in [0.5, 0.6) is 0 Å². The molecule has 0 saturated carbocycles. The standard InChI is InChI=1S/C24H47NO4.C17H36O.C7H13NO4/c1-6-8-10-12-14-16-18-21(19-17-15-13-11-9-7-2)28-22(26)20-25-23(27)29-24(3,4)5;1-3-5-7-9-11-13-15-17(18)16-14-12-10-8-6-4-2;1-7(2,3)12-6(11)8-4-5(9)10/h21H,6-20H2,1-5H3,(H,25,27);17-18H,3-16H2,1-2H3;4H2,1-3H3,(H,8,11)(H,9,10). The summed E-state index contributed by atoms with van der Waals surface area (Å²) in [5.41, 5.74) is -1.17. The van der Waals surface area contributed by atoms with Crippen LogP contribution in [0.3, 0.4) is 0 Å². The van der Waals surface area contributed by atoms with E-state index >= 15 is 0 Å². The van der Waals surface area contributed by atoms with Crippen molar-refractivity contribution >= 4 is 24.1 Å². The molecule has 0 heterocycles. The number of hydrogen-bond donors (Lipinski definition) is 4. The number of carbonyl (C=O) groups excluding carboxylic acids is 3. The Bertz CT molecular complexity index is 947. The predicted molar refractivity (Wildman–Crippen MR) is 244 cm³/mol. The van der Waals surface area contributed by atoms with Crippen molar-refractivity contribution in [1.29, 1.82) is 0 Å². The van der Waals surface area contributed by atoms with E-state index in [0.717, 1.165) is 38.5 Å². The van der Waals surface area contributed by atoms with Crippen molar-refractivity contribution in [2.45, 2.75) is 272 Å². The number of alkyl carbamates (subject to hydrolysis) is 2. The Balaban J connectivity index is -0.000000886. The molecule has 0 aliphatic heterocycles. The van der Waals surface area contributed by atoms with Crippen LogP contribution in [0.15, 0.2) is 0 Å². The molecule has 0 rings (SSSR count). The first-order valence-corrected chi connectivity index (χ1v) is 23.9. The largest absolute Gasteiger partial charge is 0.480 e. The van der Waals surface area contributed by atoms with Gasteiger partial charge in [0.15, 0.2) is 0 Å². The predicted octanol–water partition coefficient (Wildman–Crippen LogP) is 13.4. The van der Waals surface area contributed by atoms with Gasteiger partial charge in [-0.1, -0.05) is 169 Å². The molecule has 0 aliphatic carbocycles. The van der Waals surface area contributed by atoms with Crippen LogP contribution in [0, 0.1) is 0 Å². The number of carboxylic acids is 1. The van der Waals surface area contributed by atoms with Crippen molar-refractivity contribution in [2.24, 2.45) is 0 Å². The summed E-state index contributed by atoms with van der Waals surface area (Å²) in [5, 5.41) is 22.6. The highest BCUT2D eigenvalue weighted by Gasteiger charge is 2.19. The highest BCUT2D eigenvalue weighted by atomic mass is 16.6. The molecule has 11 heteroatoms. The second kappa shape index (κ2) is 42.1. The summed E-state index contributed by atoms with van der Waals surface area (Å²) in [4.78, 5) is 44.6. The van der Waals surface area contributed by atoms with E-state index in [4.69, 9.17) is 19.3 Å². The monoisotopic (exact) mass is 845 g/mol. The van der Waals surface area contributed by atoms with Crippen LogP contribution in [-0.4, -0.2) is 70.8 Å². The second-order valence-electron chi connectivity index (χ2n) is 18.1. The number of hydrogen-bond acceptors (Lipinski definition) is 8. The molecule has 0 bridgehead atoms. The van der Waals surface area contributed by atoms with Gasteiger partial charge in [-0.2, -0.15) is 0 Å². The van der Waals surface area contributed by atoms with Crippen molar-refractivity contribution in [2.75, 3.05) is 13.1 Å². The van der Waals surface area contributed by atoms with Gasteiger partial charge in [0.05, 0.1) is 6.10 Å². The Morgan fingerprint density at radius 3 is 1.05 bits per heavy atom. The van der Waals surface area contributed by atoms with E-state index in [1.54, 1.807) is 41.5 Å². The number of nitrogens with one attached hydrogen (secondary N) is 2. The molecule has 352 valence electrons. The molecule has 0 aromatic heterocycles. The maximum atomic E-state index is 12.2. The molecule has 4 N–H and O–H groups in total. The van der Waals surface area contributed by atoms with Gasteiger partial charge in [0, 0.05) is 0 Å². The Kier molecular flexibility index (Phi) is 43.4. The van der Waals surface area contributed by atoms with Crippen LogP contribution in [-0.2, 0) is 23.8 Å². The number of aliphatic hydroxyl groups is 1. The molecule has 2 amide bonds. The topological polar surface area (TPSA) is 160 Å². The Hall–Kier alpha value is -2.56. The lowest BCUT2D eigenvalue weighted by Crippen LogP contribution is -2.37. The lowest BCUT2D eigenvalue weighted by molar-refractivity contribution is -0.148. The zero-order valence-corrected chi connectivity index (χ0v) is 40.1. The third kappa shape index (κ3) is 55.4. The van der Waals surface area contributed by atoms with E-state index < -0.39 is 35.9 Å². The van der Waals surface area contributed by atoms with E-state index in [0.29, 0.717) is 0 Å². The average molecular weight is 845 g/mol. The SMILES string of the molecule is CC(C)(C)OC(=O)NCC(=O)O.CCCCCCCCC(CCCCCCCC)OC(=O)CNC(=O)OC(C)(C)C.CCCCCCCCC(O)CCCCCCCC. The van der Waals surface area contributed by atoms with E-state index in [1.807, 2.05) is 0 Å². The van der Waals surface area contributed by atoms with Gasteiger partial charge in [-0.15, -0.1) is 0 Å². The molecule has 0 aliphatic rings. The fourth-order valence-corrected chi connectivity index (χ4v) is 6.18. The number of amides is 2. The van der Waals surface area contributed by atoms with Gasteiger partial charge in [0.25, 0.3) is 0 Å². The van der Waals surface area contributed by atoms with E-state index in [2.05, 4.69) is 38.3 Å². The molecule has 0 fully saturated rings. The normalized spacial score (nSPS) is 11.3. The molecule has 11 nitrogen and oxygen atoms in total. The summed E-state index contributed by atoms with van der Waals surface area (Å²) in [6.07, 6.45) is 33.2. The number of carboxylic acid groups (broad SMARTS) is 1. The number of aliphatic carboxylic acids is 1. The second-order valence-corrected chi connectivity index (χ2v) is 18.1. The number of carbonyl (C=O) groups is 4. The van der Waals surface area contributed by atoms with Crippen LogP contribution in [0.1, 0.15) is 249 Å². The minimum absolute atomic E-state index is 0.0256. The fraction of sp³-hybridized carbons (Fsp3) is 0.917. The molecule has 0 unspecified atom stereocenters. The first-order chi connectivity index (χ1) is 27.9.